The molecule has 1 aromatic rings. The summed E-state index contributed by atoms with van der Waals surface area (Å²) < 4.78 is 43.4. The zero-order valence-electron chi connectivity index (χ0n) is 11.0. The maximum absolute atomic E-state index is 12.6. The molecule has 110 valence electrons. The van der Waals surface area contributed by atoms with E-state index in [0.717, 1.165) is 51.0 Å². The average Bonchev–Trinajstić information content (AvgIpc) is 2.37. The molecule has 0 atom stereocenters. The first kappa shape index (κ1) is 13.7. The summed E-state index contributed by atoms with van der Waals surface area (Å²) in [5, 5.41) is 3.32. The molecular formula is C14H17F3N2O. The van der Waals surface area contributed by atoms with Crippen LogP contribution >= 0.6 is 0 Å². The molecule has 0 unspecified atom stereocenters. The summed E-state index contributed by atoms with van der Waals surface area (Å²) in [6.45, 7) is 2.05. The van der Waals surface area contributed by atoms with E-state index in [2.05, 4.69) is 10.3 Å². The van der Waals surface area contributed by atoms with Crippen LogP contribution in [0.4, 0.5) is 13.2 Å². The third-order valence-electron chi connectivity index (χ3n) is 4.33. The molecule has 0 amide bonds. The molecule has 6 heteroatoms. The molecule has 1 aliphatic carbocycles. The minimum Gasteiger partial charge on any atom is -0.489 e. The van der Waals surface area contributed by atoms with Crippen LogP contribution in [0.25, 0.3) is 0 Å². The summed E-state index contributed by atoms with van der Waals surface area (Å²) in [4.78, 5) is 3.61. The minimum absolute atomic E-state index is 0.0263. The van der Waals surface area contributed by atoms with Crippen LogP contribution in [-0.4, -0.2) is 24.2 Å². The van der Waals surface area contributed by atoms with Gasteiger partial charge >= 0.3 is 6.18 Å². The van der Waals surface area contributed by atoms with Gasteiger partial charge < -0.3 is 10.1 Å². The van der Waals surface area contributed by atoms with Gasteiger partial charge in [0.25, 0.3) is 0 Å². The van der Waals surface area contributed by atoms with Gasteiger partial charge in [0.15, 0.2) is 0 Å². The first-order valence-corrected chi connectivity index (χ1v) is 6.87. The molecule has 0 bridgehead atoms. The summed E-state index contributed by atoms with van der Waals surface area (Å²) in [5.41, 5.74) is -0.406. The topological polar surface area (TPSA) is 34.1 Å². The van der Waals surface area contributed by atoms with Crippen LogP contribution < -0.4 is 10.1 Å². The number of aromatic nitrogens is 1. The van der Waals surface area contributed by atoms with Crippen molar-refractivity contribution < 1.29 is 17.9 Å². The van der Waals surface area contributed by atoms with E-state index in [-0.39, 0.29) is 11.9 Å². The second kappa shape index (κ2) is 4.91. The van der Waals surface area contributed by atoms with Gasteiger partial charge in [0.2, 0.25) is 0 Å². The largest absolute Gasteiger partial charge is 0.489 e. The highest BCUT2D eigenvalue weighted by Gasteiger charge is 2.45. The summed E-state index contributed by atoms with van der Waals surface area (Å²) in [5.74, 6) is 0.216. The predicted octanol–water partition coefficient (Wildman–Crippen LogP) is 3.01. The number of ether oxygens (including phenoxy) is 1. The van der Waals surface area contributed by atoms with Crippen molar-refractivity contribution in [3.63, 3.8) is 0 Å². The first-order chi connectivity index (χ1) is 9.47. The highest BCUT2D eigenvalue weighted by molar-refractivity contribution is 5.26. The number of nitrogens with zero attached hydrogens (tertiary/aromatic N) is 1. The van der Waals surface area contributed by atoms with Crippen molar-refractivity contribution in [1.29, 1.82) is 0 Å². The Balaban J connectivity index is 1.60. The van der Waals surface area contributed by atoms with Crippen molar-refractivity contribution in [3.8, 4) is 5.75 Å². The van der Waals surface area contributed by atoms with Gasteiger partial charge in [-0.3, -0.25) is 4.98 Å². The monoisotopic (exact) mass is 286 g/mol. The normalized spacial score (nSPS) is 22.6. The van der Waals surface area contributed by atoms with Crippen molar-refractivity contribution in [2.45, 2.75) is 38.0 Å². The van der Waals surface area contributed by atoms with E-state index in [0.29, 0.717) is 5.41 Å². The van der Waals surface area contributed by atoms with Crippen LogP contribution in [0.3, 0.4) is 0 Å². The lowest BCUT2D eigenvalue weighted by Crippen LogP contribution is -2.49. The molecule has 1 N–H and O–H groups in total. The molecule has 0 radical (unpaired) electrons. The number of pyridine rings is 1. The number of hydrogen-bond donors (Lipinski definition) is 1. The molecule has 1 spiro atoms. The maximum atomic E-state index is 12.6. The number of piperidine rings is 1. The Labute approximate surface area is 115 Å². The summed E-state index contributed by atoms with van der Waals surface area (Å²) >= 11 is 0. The number of rotatable bonds is 2. The van der Waals surface area contributed by atoms with Gasteiger partial charge in [-0.1, -0.05) is 0 Å². The molecule has 2 heterocycles. The predicted molar refractivity (Wildman–Crippen MR) is 67.4 cm³/mol. The van der Waals surface area contributed by atoms with Crippen LogP contribution in [0, 0.1) is 5.41 Å². The van der Waals surface area contributed by atoms with Gasteiger partial charge in [-0.05, 0) is 50.3 Å². The van der Waals surface area contributed by atoms with Crippen LogP contribution in [0.5, 0.6) is 5.75 Å². The van der Waals surface area contributed by atoms with E-state index >= 15 is 0 Å². The maximum Gasteiger partial charge on any atom is 0.418 e. The molecular weight excluding hydrogens is 269 g/mol. The van der Waals surface area contributed by atoms with Crippen molar-refractivity contribution in [3.05, 3.63) is 24.0 Å². The fourth-order valence-corrected chi connectivity index (χ4v) is 3.19. The lowest BCUT2D eigenvalue weighted by molar-refractivity contribution is -0.138. The smallest absolute Gasteiger partial charge is 0.418 e. The van der Waals surface area contributed by atoms with E-state index in [4.69, 9.17) is 4.74 Å². The average molecular weight is 286 g/mol. The fourth-order valence-electron chi connectivity index (χ4n) is 3.19. The zero-order chi connectivity index (χ0) is 14.2. The molecule has 2 fully saturated rings. The molecule has 2 aliphatic rings. The van der Waals surface area contributed by atoms with Gasteiger partial charge in [0.1, 0.15) is 5.75 Å². The molecule has 20 heavy (non-hydrogen) atoms. The molecule has 1 aliphatic heterocycles. The molecule has 0 aromatic carbocycles. The second-order valence-corrected chi connectivity index (χ2v) is 5.81. The Kier molecular flexibility index (Phi) is 3.36. The Hall–Kier alpha value is -1.30. The lowest BCUT2D eigenvalue weighted by atomic mass is 9.62. The van der Waals surface area contributed by atoms with Crippen LogP contribution in [0.1, 0.15) is 31.2 Å². The van der Waals surface area contributed by atoms with E-state index in [1.54, 1.807) is 0 Å². The first-order valence-electron chi connectivity index (χ1n) is 6.87. The van der Waals surface area contributed by atoms with E-state index in [9.17, 15) is 13.2 Å². The molecule has 3 rings (SSSR count). The van der Waals surface area contributed by atoms with Gasteiger partial charge in [0.05, 0.1) is 17.9 Å². The second-order valence-electron chi connectivity index (χ2n) is 5.81. The minimum atomic E-state index is -4.37. The fraction of sp³-hybridized carbons (Fsp3) is 0.643. The summed E-state index contributed by atoms with van der Waals surface area (Å²) in [6, 6.07) is 1.03. The summed E-state index contributed by atoms with van der Waals surface area (Å²) in [6.07, 6.45) is 1.96. The summed E-state index contributed by atoms with van der Waals surface area (Å²) in [7, 11) is 0. The number of halogens is 3. The molecule has 1 saturated heterocycles. The van der Waals surface area contributed by atoms with Gasteiger partial charge in [-0.15, -0.1) is 0 Å². The van der Waals surface area contributed by atoms with E-state index in [1.807, 2.05) is 0 Å². The van der Waals surface area contributed by atoms with Crippen molar-refractivity contribution in [2.24, 2.45) is 5.41 Å². The van der Waals surface area contributed by atoms with Gasteiger partial charge in [0, 0.05) is 6.20 Å². The van der Waals surface area contributed by atoms with Crippen molar-refractivity contribution >= 4 is 0 Å². The third-order valence-corrected chi connectivity index (χ3v) is 4.33. The standard InChI is InChI=1S/C14H17F3N2O/c15-14(16,17)10-5-11(9-19-8-10)20-12-6-13(7-12)1-3-18-4-2-13/h5,8-9,12,18H,1-4,6-7H2. The number of alkyl halides is 3. The van der Waals surface area contributed by atoms with Crippen LogP contribution in [0.15, 0.2) is 18.5 Å². The number of hydrogen-bond acceptors (Lipinski definition) is 3. The Bertz CT molecular complexity index is 476. The number of nitrogens with one attached hydrogen (secondary N) is 1. The highest BCUT2D eigenvalue weighted by atomic mass is 19.4. The molecule has 1 aromatic heterocycles. The zero-order valence-corrected chi connectivity index (χ0v) is 11.0. The highest BCUT2D eigenvalue weighted by Crippen LogP contribution is 2.49. The quantitative estimate of drug-likeness (QED) is 0.907. The SMILES string of the molecule is FC(F)(F)c1cncc(OC2CC3(CCNCC3)C2)c1. The van der Waals surface area contributed by atoms with Crippen LogP contribution in [0.2, 0.25) is 0 Å². The lowest BCUT2D eigenvalue weighted by Gasteiger charge is -2.49. The van der Waals surface area contributed by atoms with Crippen molar-refractivity contribution in [1.82, 2.24) is 10.3 Å². The molecule has 3 nitrogen and oxygen atoms in total. The van der Waals surface area contributed by atoms with Crippen LogP contribution in [-0.2, 0) is 6.18 Å². The van der Waals surface area contributed by atoms with Gasteiger partial charge in [-0.25, -0.2) is 0 Å². The molecule has 1 saturated carbocycles. The third kappa shape index (κ3) is 2.75. The van der Waals surface area contributed by atoms with E-state index < -0.39 is 11.7 Å². The Morgan fingerprint density at radius 3 is 2.55 bits per heavy atom. The Morgan fingerprint density at radius 1 is 1.20 bits per heavy atom. The van der Waals surface area contributed by atoms with E-state index in [1.165, 1.54) is 6.20 Å². The Morgan fingerprint density at radius 2 is 1.90 bits per heavy atom. The van der Waals surface area contributed by atoms with Gasteiger partial charge in [-0.2, -0.15) is 13.2 Å². The van der Waals surface area contributed by atoms with Crippen molar-refractivity contribution in [2.75, 3.05) is 13.1 Å².